The van der Waals surface area contributed by atoms with Crippen LogP contribution in [0.3, 0.4) is 0 Å². The first-order chi connectivity index (χ1) is 5.76. The van der Waals surface area contributed by atoms with Gasteiger partial charge < -0.3 is 0 Å². The number of allylic oxidation sites excluding steroid dienone is 5. The lowest BCUT2D eigenvalue weighted by molar-refractivity contribution is -0.127. The molecule has 0 aliphatic heterocycles. The second-order valence-electron chi connectivity index (χ2n) is 2.14. The molecule has 0 N–H and O–H groups in total. The molecule has 0 aromatic rings. The van der Waals surface area contributed by atoms with Gasteiger partial charge in [-0.05, 0) is 6.42 Å². The van der Waals surface area contributed by atoms with Gasteiger partial charge in [-0.25, -0.2) is 0 Å². The van der Waals surface area contributed by atoms with E-state index in [9.17, 15) is 9.59 Å². The standard InChI is InChI=1S/C10H12O2/c1-3-5-7-9(6-4-2)10(12)8-11/h3,5-8H,1,4H2,2H3/b7-5-,9-6+. The minimum absolute atomic E-state index is 0.314. The fraction of sp³-hybridized carbons (Fsp3) is 0.200. The number of ketones is 1. The molecule has 0 aromatic carbocycles. The van der Waals surface area contributed by atoms with Gasteiger partial charge in [0.25, 0.3) is 0 Å². The third-order valence-corrected chi connectivity index (χ3v) is 1.23. The molecule has 0 spiro atoms. The van der Waals surface area contributed by atoms with Crippen molar-refractivity contribution in [3.05, 3.63) is 36.5 Å². The Morgan fingerprint density at radius 1 is 1.50 bits per heavy atom. The van der Waals surface area contributed by atoms with Gasteiger partial charge in [0, 0.05) is 5.57 Å². The Morgan fingerprint density at radius 2 is 2.17 bits per heavy atom. The van der Waals surface area contributed by atoms with Gasteiger partial charge in [-0.3, -0.25) is 9.59 Å². The molecule has 0 unspecified atom stereocenters. The van der Waals surface area contributed by atoms with E-state index in [0.29, 0.717) is 11.9 Å². The third-order valence-electron chi connectivity index (χ3n) is 1.23. The minimum Gasteiger partial charge on any atom is -0.294 e. The van der Waals surface area contributed by atoms with E-state index in [4.69, 9.17) is 0 Å². The lowest BCUT2D eigenvalue weighted by Crippen LogP contribution is -2.00. The molecule has 0 saturated heterocycles. The first-order valence-electron chi connectivity index (χ1n) is 3.75. The number of aldehydes is 1. The Balaban J connectivity index is 4.54. The molecule has 0 heterocycles. The van der Waals surface area contributed by atoms with Crippen molar-refractivity contribution >= 4 is 12.1 Å². The third kappa shape index (κ3) is 3.66. The Hall–Kier alpha value is -1.44. The molecule has 2 heteroatoms. The number of carbonyl (C=O) groups is 2. The molecule has 0 bridgehead atoms. The molecule has 64 valence electrons. The highest BCUT2D eigenvalue weighted by atomic mass is 16.2. The Kier molecular flexibility index (Phi) is 5.53. The Labute approximate surface area is 72.3 Å². The summed E-state index contributed by atoms with van der Waals surface area (Å²) in [5, 5.41) is 0. The smallest absolute Gasteiger partial charge is 0.225 e. The topological polar surface area (TPSA) is 34.1 Å². The summed E-state index contributed by atoms with van der Waals surface area (Å²) in [7, 11) is 0. The van der Waals surface area contributed by atoms with Crippen molar-refractivity contribution in [3.63, 3.8) is 0 Å². The molecule has 0 rings (SSSR count). The summed E-state index contributed by atoms with van der Waals surface area (Å²) < 4.78 is 0. The van der Waals surface area contributed by atoms with Crippen LogP contribution in [-0.2, 0) is 9.59 Å². The number of hydrogen-bond acceptors (Lipinski definition) is 2. The van der Waals surface area contributed by atoms with Crippen molar-refractivity contribution in [2.45, 2.75) is 13.3 Å². The summed E-state index contributed by atoms with van der Waals surface area (Å²) in [5.74, 6) is -0.491. The van der Waals surface area contributed by atoms with Gasteiger partial charge in [-0.1, -0.05) is 37.8 Å². The number of hydrogen-bond donors (Lipinski definition) is 0. The molecule has 0 atom stereocenters. The summed E-state index contributed by atoms with van der Waals surface area (Å²) in [6, 6.07) is 0. The van der Waals surface area contributed by atoms with Crippen LogP contribution >= 0.6 is 0 Å². The zero-order valence-corrected chi connectivity index (χ0v) is 7.12. The molecule has 12 heavy (non-hydrogen) atoms. The van der Waals surface area contributed by atoms with Crippen molar-refractivity contribution in [2.75, 3.05) is 0 Å². The van der Waals surface area contributed by atoms with E-state index in [0.717, 1.165) is 6.42 Å². The summed E-state index contributed by atoms with van der Waals surface area (Å²) >= 11 is 0. The predicted molar refractivity (Wildman–Crippen MR) is 48.8 cm³/mol. The highest BCUT2D eigenvalue weighted by Crippen LogP contribution is 1.99. The van der Waals surface area contributed by atoms with Crippen LogP contribution in [0.15, 0.2) is 36.5 Å². The zero-order chi connectivity index (χ0) is 9.40. The fourth-order valence-corrected chi connectivity index (χ4v) is 0.710. The van der Waals surface area contributed by atoms with Gasteiger partial charge in [0.05, 0.1) is 0 Å². The van der Waals surface area contributed by atoms with E-state index in [-0.39, 0.29) is 0 Å². The van der Waals surface area contributed by atoms with E-state index in [1.54, 1.807) is 24.3 Å². The summed E-state index contributed by atoms with van der Waals surface area (Å²) in [4.78, 5) is 21.0. The molecule has 2 nitrogen and oxygen atoms in total. The maximum atomic E-state index is 10.9. The monoisotopic (exact) mass is 164 g/mol. The normalized spacial score (nSPS) is 11.6. The van der Waals surface area contributed by atoms with E-state index in [1.165, 1.54) is 0 Å². The molecule has 0 amide bonds. The van der Waals surface area contributed by atoms with Gasteiger partial charge in [-0.2, -0.15) is 0 Å². The fourth-order valence-electron chi connectivity index (χ4n) is 0.710. The van der Waals surface area contributed by atoms with Gasteiger partial charge in [0.2, 0.25) is 5.78 Å². The van der Waals surface area contributed by atoms with E-state index in [2.05, 4.69) is 6.58 Å². The van der Waals surface area contributed by atoms with Gasteiger partial charge in [-0.15, -0.1) is 0 Å². The molecule has 0 aromatic heterocycles. The second kappa shape index (κ2) is 6.28. The number of Topliss-reactive ketones (excluding diaryl/α,β-unsaturated/α-hetero) is 1. The minimum atomic E-state index is -0.491. The Morgan fingerprint density at radius 3 is 2.58 bits per heavy atom. The van der Waals surface area contributed by atoms with E-state index >= 15 is 0 Å². The quantitative estimate of drug-likeness (QED) is 0.269. The average molecular weight is 164 g/mol. The average Bonchev–Trinajstić information content (AvgIpc) is 2.11. The van der Waals surface area contributed by atoms with Crippen molar-refractivity contribution in [3.8, 4) is 0 Å². The molecular formula is C10H12O2. The van der Waals surface area contributed by atoms with Crippen molar-refractivity contribution < 1.29 is 9.59 Å². The summed E-state index contributed by atoms with van der Waals surface area (Å²) in [6.07, 6.45) is 7.51. The Bertz CT molecular complexity index is 234. The predicted octanol–water partition coefficient (Wildman–Crippen LogP) is 1.83. The van der Waals surface area contributed by atoms with Gasteiger partial charge >= 0.3 is 0 Å². The number of rotatable bonds is 5. The van der Waals surface area contributed by atoms with Gasteiger partial charge in [0.15, 0.2) is 6.29 Å². The van der Waals surface area contributed by atoms with Crippen LogP contribution in [0.2, 0.25) is 0 Å². The van der Waals surface area contributed by atoms with Crippen molar-refractivity contribution in [1.82, 2.24) is 0 Å². The zero-order valence-electron chi connectivity index (χ0n) is 7.12. The first kappa shape index (κ1) is 10.6. The van der Waals surface area contributed by atoms with Crippen LogP contribution in [0.5, 0.6) is 0 Å². The largest absolute Gasteiger partial charge is 0.294 e. The first-order valence-corrected chi connectivity index (χ1v) is 3.75. The van der Waals surface area contributed by atoms with Crippen LogP contribution in [-0.4, -0.2) is 12.1 Å². The second-order valence-corrected chi connectivity index (χ2v) is 2.14. The molecule has 0 aliphatic carbocycles. The van der Waals surface area contributed by atoms with Crippen LogP contribution < -0.4 is 0 Å². The van der Waals surface area contributed by atoms with Crippen LogP contribution in [0.25, 0.3) is 0 Å². The van der Waals surface area contributed by atoms with Crippen LogP contribution in [0.4, 0.5) is 0 Å². The molecule has 0 saturated carbocycles. The molecule has 0 fully saturated rings. The lowest BCUT2D eigenvalue weighted by atomic mass is 10.1. The van der Waals surface area contributed by atoms with E-state index in [1.807, 2.05) is 6.92 Å². The molecular weight excluding hydrogens is 152 g/mol. The van der Waals surface area contributed by atoms with Crippen LogP contribution in [0, 0.1) is 0 Å². The maximum Gasteiger partial charge on any atom is 0.225 e. The SMILES string of the molecule is C=C/C=C\C(=C/CC)C(=O)C=O. The van der Waals surface area contributed by atoms with Crippen molar-refractivity contribution in [1.29, 1.82) is 0 Å². The molecule has 0 radical (unpaired) electrons. The summed E-state index contributed by atoms with van der Waals surface area (Å²) in [6.45, 7) is 5.37. The summed E-state index contributed by atoms with van der Waals surface area (Å²) in [5.41, 5.74) is 0.424. The highest BCUT2D eigenvalue weighted by Gasteiger charge is 2.01. The van der Waals surface area contributed by atoms with Crippen LogP contribution in [0.1, 0.15) is 13.3 Å². The highest BCUT2D eigenvalue weighted by molar-refractivity contribution is 6.34. The van der Waals surface area contributed by atoms with E-state index < -0.39 is 5.78 Å². The number of carbonyl (C=O) groups excluding carboxylic acids is 2. The lowest BCUT2D eigenvalue weighted by Gasteiger charge is -1.91. The maximum absolute atomic E-state index is 10.9. The van der Waals surface area contributed by atoms with Crippen molar-refractivity contribution in [2.24, 2.45) is 0 Å². The molecule has 0 aliphatic rings. The van der Waals surface area contributed by atoms with Gasteiger partial charge in [0.1, 0.15) is 0 Å².